The van der Waals surface area contributed by atoms with Gasteiger partial charge in [-0.3, -0.25) is 14.2 Å². The molecule has 2 aromatic heterocycles. The molecule has 2 aromatic carbocycles. The third-order valence-corrected chi connectivity index (χ3v) is 6.60. The normalized spacial score (nSPS) is 14.4. The van der Waals surface area contributed by atoms with Crippen LogP contribution in [0.3, 0.4) is 0 Å². The van der Waals surface area contributed by atoms with Crippen LogP contribution in [0.1, 0.15) is 43.1 Å². The lowest BCUT2D eigenvalue weighted by molar-refractivity contribution is -0.114. The van der Waals surface area contributed by atoms with E-state index in [2.05, 4.69) is 31.1 Å². The third kappa shape index (κ3) is 3.93. The van der Waals surface area contributed by atoms with Crippen molar-refractivity contribution >= 4 is 40.0 Å². The molecule has 0 radical (unpaired) electrons. The molecule has 8 heteroatoms. The summed E-state index contributed by atoms with van der Waals surface area (Å²) in [5.41, 5.74) is 3.37. The maximum absolute atomic E-state index is 13.0. The molecule has 1 fully saturated rings. The van der Waals surface area contributed by atoms with E-state index in [1.165, 1.54) is 18.7 Å². The number of hydrogen-bond acceptors (Lipinski definition) is 5. The highest BCUT2D eigenvalue weighted by Gasteiger charge is 2.32. The molecule has 1 aliphatic rings. The Balaban J connectivity index is 1.40. The number of nitrogens with one attached hydrogen (secondary N) is 2. The number of fused-ring (bicyclic) bond motifs is 1. The van der Waals surface area contributed by atoms with Crippen LogP contribution in [0.5, 0.6) is 0 Å². The number of nitrogens with zero attached hydrogens (tertiary/aromatic N) is 3. The Kier molecular flexibility index (Phi) is 5.30. The molecule has 32 heavy (non-hydrogen) atoms. The molecule has 0 saturated heterocycles. The molecule has 7 nitrogen and oxygen atoms in total. The SMILES string of the molecule is CC(=O)Nc1ccc(C(=O)[C@H](C)Sc2nnc(-c3c[nH]c4ccccc34)n2C2CC2)cc1. The highest BCUT2D eigenvalue weighted by Crippen LogP contribution is 2.43. The van der Waals surface area contributed by atoms with Crippen LogP contribution in [0.2, 0.25) is 0 Å². The minimum absolute atomic E-state index is 0.0170. The minimum Gasteiger partial charge on any atom is -0.360 e. The van der Waals surface area contributed by atoms with Crippen molar-refractivity contribution in [2.24, 2.45) is 0 Å². The molecule has 1 atom stereocenters. The molecule has 5 rings (SSSR count). The lowest BCUT2D eigenvalue weighted by Gasteiger charge is -2.13. The van der Waals surface area contributed by atoms with E-state index in [9.17, 15) is 9.59 Å². The van der Waals surface area contributed by atoms with E-state index in [4.69, 9.17) is 0 Å². The second kappa shape index (κ2) is 8.27. The summed E-state index contributed by atoms with van der Waals surface area (Å²) in [6.45, 7) is 3.35. The first-order valence-corrected chi connectivity index (χ1v) is 11.5. The van der Waals surface area contributed by atoms with Crippen LogP contribution < -0.4 is 5.32 Å². The van der Waals surface area contributed by atoms with Crippen molar-refractivity contribution in [2.75, 3.05) is 5.32 Å². The van der Waals surface area contributed by atoms with E-state index in [1.54, 1.807) is 24.3 Å². The number of H-pyrrole nitrogens is 1. The number of para-hydroxylation sites is 1. The number of amides is 1. The van der Waals surface area contributed by atoms with E-state index in [0.29, 0.717) is 17.3 Å². The summed E-state index contributed by atoms with van der Waals surface area (Å²) >= 11 is 1.44. The first kappa shape index (κ1) is 20.5. The third-order valence-electron chi connectivity index (χ3n) is 5.55. The smallest absolute Gasteiger partial charge is 0.221 e. The highest BCUT2D eigenvalue weighted by atomic mass is 32.2. The van der Waals surface area contributed by atoms with Crippen LogP contribution in [-0.4, -0.2) is 36.7 Å². The van der Waals surface area contributed by atoms with E-state index in [0.717, 1.165) is 40.3 Å². The highest BCUT2D eigenvalue weighted by molar-refractivity contribution is 8.00. The molecule has 1 saturated carbocycles. The summed E-state index contributed by atoms with van der Waals surface area (Å²) in [6, 6.07) is 15.5. The number of ketones is 1. The quantitative estimate of drug-likeness (QED) is 0.306. The van der Waals surface area contributed by atoms with Gasteiger partial charge in [0.15, 0.2) is 16.8 Å². The van der Waals surface area contributed by atoms with Crippen LogP contribution in [-0.2, 0) is 4.79 Å². The standard InChI is InChI=1S/C24H23N5O2S/c1-14(22(31)16-7-9-17(10-8-16)26-15(2)30)32-24-28-27-23(29(24)18-11-12-18)20-13-25-21-6-4-3-5-19(20)21/h3-10,13-14,18,25H,11-12H2,1-2H3,(H,26,30)/t14-/m0/s1. The van der Waals surface area contributed by atoms with Gasteiger partial charge in [0.05, 0.1) is 5.25 Å². The molecule has 2 N–H and O–H groups in total. The fourth-order valence-electron chi connectivity index (χ4n) is 3.83. The number of carbonyl (C=O) groups is 2. The van der Waals surface area contributed by atoms with Crippen LogP contribution in [0.25, 0.3) is 22.3 Å². The van der Waals surface area contributed by atoms with Gasteiger partial charge in [0.1, 0.15) is 0 Å². The van der Waals surface area contributed by atoms with Crippen molar-refractivity contribution in [3.63, 3.8) is 0 Å². The molecule has 4 aromatic rings. The van der Waals surface area contributed by atoms with Crippen molar-refractivity contribution in [3.8, 4) is 11.4 Å². The van der Waals surface area contributed by atoms with E-state index in [-0.39, 0.29) is 16.9 Å². The maximum atomic E-state index is 13.0. The van der Waals surface area contributed by atoms with Crippen molar-refractivity contribution < 1.29 is 9.59 Å². The summed E-state index contributed by atoms with van der Waals surface area (Å²) in [5.74, 6) is 0.716. The van der Waals surface area contributed by atoms with E-state index < -0.39 is 0 Å². The van der Waals surface area contributed by atoms with E-state index >= 15 is 0 Å². The zero-order valence-corrected chi connectivity index (χ0v) is 18.6. The van der Waals surface area contributed by atoms with Gasteiger partial charge in [0.25, 0.3) is 0 Å². The van der Waals surface area contributed by atoms with E-state index in [1.807, 2.05) is 31.3 Å². The van der Waals surface area contributed by atoms with Gasteiger partial charge in [0, 0.05) is 46.9 Å². The van der Waals surface area contributed by atoms with Crippen molar-refractivity contribution in [1.29, 1.82) is 0 Å². The number of aromatic amines is 1. The molecule has 0 aliphatic heterocycles. The van der Waals surface area contributed by atoms with Gasteiger partial charge < -0.3 is 10.3 Å². The lowest BCUT2D eigenvalue weighted by Crippen LogP contribution is -2.15. The minimum atomic E-state index is -0.320. The summed E-state index contributed by atoms with van der Waals surface area (Å²) in [4.78, 5) is 27.5. The molecule has 2 heterocycles. The number of Topliss-reactive ketones (excluding diaryl/α,β-unsaturated/α-hetero) is 1. The van der Waals surface area contributed by atoms with Gasteiger partial charge >= 0.3 is 0 Å². The molecule has 0 bridgehead atoms. The van der Waals surface area contributed by atoms with Gasteiger partial charge in [0.2, 0.25) is 5.91 Å². The number of carbonyl (C=O) groups excluding carboxylic acids is 2. The molecule has 0 unspecified atom stereocenters. The number of aromatic nitrogens is 4. The Bertz CT molecular complexity index is 1300. The Hall–Kier alpha value is -3.39. The van der Waals surface area contributed by atoms with Gasteiger partial charge in [-0.1, -0.05) is 30.0 Å². The van der Waals surface area contributed by atoms with Crippen LogP contribution in [0, 0.1) is 0 Å². The van der Waals surface area contributed by atoms with Crippen LogP contribution >= 0.6 is 11.8 Å². The Morgan fingerprint density at radius 3 is 2.59 bits per heavy atom. The fourth-order valence-corrected chi connectivity index (χ4v) is 4.82. The molecular formula is C24H23N5O2S. The number of rotatable bonds is 7. The van der Waals surface area contributed by atoms with Crippen molar-refractivity contribution in [1.82, 2.24) is 19.7 Å². The number of benzene rings is 2. The van der Waals surface area contributed by atoms with Gasteiger partial charge in [-0.05, 0) is 50.1 Å². The van der Waals surface area contributed by atoms with Gasteiger partial charge in [-0.25, -0.2) is 0 Å². The average Bonchev–Trinajstić information content (AvgIpc) is 3.40. The Labute approximate surface area is 189 Å². The van der Waals surface area contributed by atoms with Gasteiger partial charge in [-0.15, -0.1) is 10.2 Å². The molecule has 0 spiro atoms. The monoisotopic (exact) mass is 445 g/mol. The average molecular weight is 446 g/mol. The zero-order chi connectivity index (χ0) is 22.2. The summed E-state index contributed by atoms with van der Waals surface area (Å²) in [7, 11) is 0. The summed E-state index contributed by atoms with van der Waals surface area (Å²) in [5, 5.41) is 13.3. The first-order chi connectivity index (χ1) is 15.5. The van der Waals surface area contributed by atoms with Crippen molar-refractivity contribution in [3.05, 3.63) is 60.3 Å². The number of anilines is 1. The Morgan fingerprint density at radius 2 is 1.88 bits per heavy atom. The first-order valence-electron chi connectivity index (χ1n) is 10.6. The predicted octanol–water partition coefficient (Wildman–Crippen LogP) is 5.08. The second-order valence-corrected chi connectivity index (χ2v) is 9.35. The molecular weight excluding hydrogens is 422 g/mol. The topological polar surface area (TPSA) is 92.7 Å². The van der Waals surface area contributed by atoms with Gasteiger partial charge in [-0.2, -0.15) is 0 Å². The second-order valence-electron chi connectivity index (χ2n) is 8.04. The van der Waals surface area contributed by atoms with Crippen LogP contribution in [0.15, 0.2) is 59.9 Å². The maximum Gasteiger partial charge on any atom is 0.221 e. The lowest BCUT2D eigenvalue weighted by atomic mass is 10.1. The summed E-state index contributed by atoms with van der Waals surface area (Å²) in [6.07, 6.45) is 4.16. The molecule has 162 valence electrons. The fraction of sp³-hybridized carbons (Fsp3) is 0.250. The van der Waals surface area contributed by atoms with Crippen LogP contribution in [0.4, 0.5) is 5.69 Å². The zero-order valence-electron chi connectivity index (χ0n) is 17.8. The predicted molar refractivity (Wildman–Crippen MR) is 126 cm³/mol. The number of hydrogen-bond donors (Lipinski definition) is 2. The number of thioether (sulfide) groups is 1. The Morgan fingerprint density at radius 1 is 1.12 bits per heavy atom. The summed E-state index contributed by atoms with van der Waals surface area (Å²) < 4.78 is 2.18. The molecule has 1 aliphatic carbocycles. The largest absolute Gasteiger partial charge is 0.360 e. The van der Waals surface area contributed by atoms with Crippen molar-refractivity contribution in [2.45, 2.75) is 43.1 Å². The molecule has 1 amide bonds.